The fraction of sp³-hybridized carbons (Fsp3) is 0.176. The van der Waals surface area contributed by atoms with Gasteiger partial charge in [0.2, 0.25) is 0 Å². The molecule has 2 rings (SSSR count). The van der Waals surface area contributed by atoms with Gasteiger partial charge in [0.25, 0.3) is 5.91 Å². The molecule has 0 bridgehead atoms. The first-order valence-electron chi connectivity index (χ1n) is 6.95. The number of carbonyl (C=O) groups excluding carboxylic acids is 1. The van der Waals surface area contributed by atoms with Crippen molar-refractivity contribution < 1.29 is 9.53 Å². The molecule has 0 radical (unpaired) electrons. The van der Waals surface area contributed by atoms with Gasteiger partial charge in [0.05, 0.1) is 19.4 Å². The molecule has 0 aliphatic rings. The number of nitrogens with one attached hydrogen (secondary N) is 2. The predicted molar refractivity (Wildman–Crippen MR) is 88.3 cm³/mol. The van der Waals surface area contributed by atoms with Crippen molar-refractivity contribution >= 4 is 17.3 Å². The van der Waals surface area contributed by atoms with E-state index in [2.05, 4.69) is 15.8 Å². The van der Waals surface area contributed by atoms with Gasteiger partial charge < -0.3 is 10.1 Å². The van der Waals surface area contributed by atoms with Crippen molar-refractivity contribution in [1.82, 2.24) is 5.43 Å². The maximum Gasteiger partial charge on any atom is 0.259 e. The lowest BCUT2D eigenvalue weighted by atomic mass is 10.1. The minimum Gasteiger partial charge on any atom is -0.497 e. The first kappa shape index (κ1) is 15.6. The summed E-state index contributed by atoms with van der Waals surface area (Å²) in [6, 6.07) is 17.1. The molecule has 2 aromatic carbocycles. The number of hydrogen-bond donors (Lipinski definition) is 2. The van der Waals surface area contributed by atoms with Crippen LogP contribution in [0.1, 0.15) is 12.5 Å². The van der Waals surface area contributed by atoms with Crippen molar-refractivity contribution in [2.75, 3.05) is 19.0 Å². The molecule has 0 unspecified atom stereocenters. The molecule has 0 saturated carbocycles. The number of hydrogen-bond acceptors (Lipinski definition) is 4. The molecule has 0 fully saturated rings. The molecule has 0 aliphatic carbocycles. The average molecular weight is 297 g/mol. The summed E-state index contributed by atoms with van der Waals surface area (Å²) < 4.78 is 5.13. The largest absolute Gasteiger partial charge is 0.497 e. The molecule has 0 saturated heterocycles. The summed E-state index contributed by atoms with van der Waals surface area (Å²) in [6.07, 6.45) is 0. The van der Waals surface area contributed by atoms with Crippen LogP contribution in [0.25, 0.3) is 0 Å². The molecule has 5 nitrogen and oxygen atoms in total. The SMILES string of the molecule is COc1cccc(NCC(=O)N/N=C(/C)c2ccccc2)c1. The molecule has 0 atom stereocenters. The van der Waals surface area contributed by atoms with Crippen LogP contribution in [-0.2, 0) is 4.79 Å². The molecular formula is C17H19N3O2. The highest BCUT2D eigenvalue weighted by Crippen LogP contribution is 2.16. The summed E-state index contributed by atoms with van der Waals surface area (Å²) in [4.78, 5) is 11.8. The van der Waals surface area contributed by atoms with Gasteiger partial charge in [-0.2, -0.15) is 5.10 Å². The van der Waals surface area contributed by atoms with Gasteiger partial charge in [0.1, 0.15) is 5.75 Å². The zero-order valence-corrected chi connectivity index (χ0v) is 12.7. The quantitative estimate of drug-likeness (QED) is 0.636. The van der Waals surface area contributed by atoms with Crippen molar-refractivity contribution in [3.8, 4) is 5.75 Å². The molecule has 114 valence electrons. The molecule has 2 aromatic rings. The number of nitrogens with zero attached hydrogens (tertiary/aromatic N) is 1. The average Bonchev–Trinajstić information content (AvgIpc) is 2.58. The van der Waals surface area contributed by atoms with Gasteiger partial charge in [0.15, 0.2) is 0 Å². The van der Waals surface area contributed by atoms with Crippen molar-refractivity contribution in [1.29, 1.82) is 0 Å². The summed E-state index contributed by atoms with van der Waals surface area (Å²) in [7, 11) is 1.60. The van der Waals surface area contributed by atoms with Crippen molar-refractivity contribution in [2.45, 2.75) is 6.92 Å². The maximum atomic E-state index is 11.8. The number of benzene rings is 2. The topological polar surface area (TPSA) is 62.7 Å². The lowest BCUT2D eigenvalue weighted by molar-refractivity contribution is -0.119. The van der Waals surface area contributed by atoms with Crippen LogP contribution < -0.4 is 15.5 Å². The van der Waals surface area contributed by atoms with E-state index in [-0.39, 0.29) is 12.5 Å². The smallest absolute Gasteiger partial charge is 0.259 e. The monoisotopic (exact) mass is 297 g/mol. The number of amides is 1. The predicted octanol–water partition coefficient (Wildman–Crippen LogP) is 2.65. The number of anilines is 1. The third-order valence-electron chi connectivity index (χ3n) is 3.06. The number of carbonyl (C=O) groups is 1. The van der Waals surface area contributed by atoms with E-state index in [1.54, 1.807) is 7.11 Å². The van der Waals surface area contributed by atoms with E-state index in [9.17, 15) is 4.79 Å². The third kappa shape index (κ3) is 4.63. The number of hydrazone groups is 1. The zero-order chi connectivity index (χ0) is 15.8. The van der Waals surface area contributed by atoms with Crippen molar-refractivity contribution in [3.63, 3.8) is 0 Å². The Balaban J connectivity index is 1.85. The normalized spacial score (nSPS) is 10.9. The maximum absolute atomic E-state index is 11.8. The van der Waals surface area contributed by atoms with Gasteiger partial charge in [-0.15, -0.1) is 0 Å². The fourth-order valence-electron chi connectivity index (χ4n) is 1.85. The second-order valence-corrected chi connectivity index (χ2v) is 4.68. The van der Waals surface area contributed by atoms with E-state index in [1.807, 2.05) is 61.5 Å². The molecule has 0 aliphatic heterocycles. The van der Waals surface area contributed by atoms with Crippen molar-refractivity contribution in [2.24, 2.45) is 5.10 Å². The Morgan fingerprint density at radius 2 is 1.91 bits per heavy atom. The molecule has 0 heterocycles. The minimum atomic E-state index is -0.210. The number of rotatable bonds is 6. The molecular weight excluding hydrogens is 278 g/mol. The molecule has 0 aromatic heterocycles. The Morgan fingerprint density at radius 1 is 1.14 bits per heavy atom. The zero-order valence-electron chi connectivity index (χ0n) is 12.7. The van der Waals surface area contributed by atoms with Crippen LogP contribution >= 0.6 is 0 Å². The standard InChI is InChI=1S/C17H19N3O2/c1-13(14-7-4-3-5-8-14)19-20-17(21)12-18-15-9-6-10-16(11-15)22-2/h3-11,18H,12H2,1-2H3,(H,20,21)/b19-13-. The first-order chi connectivity index (χ1) is 10.7. The van der Waals surface area contributed by atoms with Gasteiger partial charge >= 0.3 is 0 Å². The summed E-state index contributed by atoms with van der Waals surface area (Å²) in [6.45, 7) is 1.99. The van der Waals surface area contributed by atoms with Crippen LogP contribution in [0, 0.1) is 0 Å². The molecule has 1 amide bonds. The van der Waals surface area contributed by atoms with Gasteiger partial charge in [-0.25, -0.2) is 5.43 Å². The summed E-state index contributed by atoms with van der Waals surface area (Å²) in [5.74, 6) is 0.529. The molecule has 0 spiro atoms. The second kappa shape index (κ2) is 7.83. The van der Waals surface area contributed by atoms with Gasteiger partial charge in [-0.05, 0) is 24.6 Å². The third-order valence-corrected chi connectivity index (χ3v) is 3.06. The Bertz CT molecular complexity index is 654. The highest BCUT2D eigenvalue weighted by molar-refractivity contribution is 5.99. The second-order valence-electron chi connectivity index (χ2n) is 4.68. The molecule has 22 heavy (non-hydrogen) atoms. The van der Waals surface area contributed by atoms with E-state index in [4.69, 9.17) is 4.74 Å². The van der Waals surface area contributed by atoms with Gasteiger partial charge in [0, 0.05) is 11.8 Å². The van der Waals surface area contributed by atoms with E-state index in [0.29, 0.717) is 0 Å². The Morgan fingerprint density at radius 3 is 2.64 bits per heavy atom. The van der Waals surface area contributed by atoms with E-state index < -0.39 is 0 Å². The minimum absolute atomic E-state index is 0.138. The van der Waals surface area contributed by atoms with Crippen LogP contribution in [0.4, 0.5) is 5.69 Å². The number of ether oxygens (including phenoxy) is 1. The lowest BCUT2D eigenvalue weighted by Crippen LogP contribution is -2.26. The summed E-state index contributed by atoms with van der Waals surface area (Å²) in [5.41, 5.74) is 5.09. The van der Waals surface area contributed by atoms with E-state index >= 15 is 0 Å². The van der Waals surface area contributed by atoms with Crippen LogP contribution in [-0.4, -0.2) is 25.3 Å². The van der Waals surface area contributed by atoms with Crippen LogP contribution in [0.2, 0.25) is 0 Å². The number of methoxy groups -OCH3 is 1. The van der Waals surface area contributed by atoms with Gasteiger partial charge in [-0.1, -0.05) is 36.4 Å². The Kier molecular flexibility index (Phi) is 5.54. The van der Waals surface area contributed by atoms with Crippen LogP contribution in [0.5, 0.6) is 5.75 Å². The van der Waals surface area contributed by atoms with Crippen molar-refractivity contribution in [3.05, 3.63) is 60.2 Å². The van der Waals surface area contributed by atoms with Crippen LogP contribution in [0.15, 0.2) is 59.7 Å². The molecule has 5 heteroatoms. The fourth-order valence-corrected chi connectivity index (χ4v) is 1.85. The summed E-state index contributed by atoms with van der Waals surface area (Å²) >= 11 is 0. The Hall–Kier alpha value is -2.82. The Labute approximate surface area is 130 Å². The lowest BCUT2D eigenvalue weighted by Gasteiger charge is -2.07. The van der Waals surface area contributed by atoms with Crippen LogP contribution in [0.3, 0.4) is 0 Å². The summed E-state index contributed by atoms with van der Waals surface area (Å²) in [5, 5.41) is 7.11. The highest BCUT2D eigenvalue weighted by atomic mass is 16.5. The van der Waals surface area contributed by atoms with E-state index in [0.717, 1.165) is 22.7 Å². The molecule has 2 N–H and O–H groups in total. The highest BCUT2D eigenvalue weighted by Gasteiger charge is 2.02. The van der Waals surface area contributed by atoms with Gasteiger partial charge in [-0.3, -0.25) is 4.79 Å². The van der Waals surface area contributed by atoms with E-state index in [1.165, 1.54) is 0 Å². The first-order valence-corrected chi connectivity index (χ1v) is 6.95.